The van der Waals surface area contributed by atoms with Crippen LogP contribution in [-0.4, -0.2) is 45.2 Å². The first-order valence-corrected chi connectivity index (χ1v) is 12.2. The first-order chi connectivity index (χ1) is 14.5. The van der Waals surface area contributed by atoms with Gasteiger partial charge in [0.15, 0.2) is 0 Å². The largest absolute Gasteiger partial charge is 0.494 e. The quantitative estimate of drug-likeness (QED) is 0.212. The topological polar surface area (TPSA) is 54.6 Å². The lowest BCUT2D eigenvalue weighted by molar-refractivity contribution is -0.141. The molecule has 3 unspecified atom stereocenters. The van der Waals surface area contributed by atoms with Crippen molar-refractivity contribution in [3.63, 3.8) is 0 Å². The number of benzene rings is 1. The summed E-state index contributed by atoms with van der Waals surface area (Å²) >= 11 is 2.43. The Hall–Kier alpha value is -1.54. The maximum Gasteiger partial charge on any atom is 0.227 e. The molecule has 162 valence electrons. The smallest absolute Gasteiger partial charge is 0.227 e. The summed E-state index contributed by atoms with van der Waals surface area (Å²) in [7, 11) is 0. The fraction of sp³-hybridized carbons (Fsp3) is 0.542. The number of ether oxygens (including phenoxy) is 2. The Morgan fingerprint density at radius 1 is 1.27 bits per heavy atom. The van der Waals surface area contributed by atoms with Gasteiger partial charge in [0.2, 0.25) is 5.91 Å². The number of hydrogen-bond acceptors (Lipinski definition) is 3. The second-order valence-electron chi connectivity index (χ2n) is 8.37. The normalized spacial score (nSPS) is 25.2. The number of halogens is 1. The van der Waals surface area contributed by atoms with Gasteiger partial charge in [0.1, 0.15) is 9.36 Å². The van der Waals surface area contributed by atoms with Gasteiger partial charge in [-0.25, -0.2) is 0 Å². The van der Waals surface area contributed by atoms with Crippen molar-refractivity contribution in [1.82, 2.24) is 9.88 Å². The molecule has 3 atom stereocenters. The number of amides is 1. The van der Waals surface area contributed by atoms with E-state index in [1.807, 2.05) is 23.2 Å². The number of rotatable bonds is 9. The summed E-state index contributed by atoms with van der Waals surface area (Å²) in [5.74, 6) is 1.39. The molecule has 1 aromatic carbocycles. The van der Waals surface area contributed by atoms with Crippen molar-refractivity contribution < 1.29 is 14.3 Å². The summed E-state index contributed by atoms with van der Waals surface area (Å²) in [6.07, 6.45) is 10.9. The van der Waals surface area contributed by atoms with Gasteiger partial charge < -0.3 is 19.4 Å². The van der Waals surface area contributed by atoms with Gasteiger partial charge in [0, 0.05) is 30.3 Å². The van der Waals surface area contributed by atoms with Gasteiger partial charge in [-0.2, -0.15) is 0 Å². The molecule has 2 aromatic rings. The highest BCUT2D eigenvalue weighted by Gasteiger charge is 2.49. The minimum atomic E-state index is -0.318. The van der Waals surface area contributed by atoms with E-state index in [9.17, 15) is 4.79 Å². The Bertz CT molecular complexity index is 924. The van der Waals surface area contributed by atoms with Crippen LogP contribution in [0.2, 0.25) is 0 Å². The molecule has 1 fully saturated rings. The second-order valence-corrected chi connectivity index (χ2v) is 10.2. The Balaban J connectivity index is 1.50. The molecule has 6 heteroatoms. The number of fused-ring (bicyclic) bond motifs is 3. The number of hydrogen-bond donors (Lipinski definition) is 1. The molecule has 5 rings (SSSR count). The van der Waals surface area contributed by atoms with E-state index in [0.29, 0.717) is 12.3 Å². The SMILES string of the molecule is CCCCOc1ccc2[nH]cc(CC(=O)N3CC4C=CC3C(I)(OCCC)C4)c2c1. The number of carbonyl (C=O) groups is 1. The number of aromatic amines is 1. The van der Waals surface area contributed by atoms with E-state index in [4.69, 9.17) is 9.47 Å². The summed E-state index contributed by atoms with van der Waals surface area (Å²) in [5, 5.41) is 1.07. The number of H-pyrrole nitrogens is 1. The summed E-state index contributed by atoms with van der Waals surface area (Å²) in [6.45, 7) is 6.51. The Morgan fingerprint density at radius 3 is 2.90 bits per heavy atom. The summed E-state index contributed by atoms with van der Waals surface area (Å²) in [6, 6.07) is 6.08. The first kappa shape index (κ1) is 21.7. The van der Waals surface area contributed by atoms with Crippen molar-refractivity contribution in [2.75, 3.05) is 19.8 Å². The predicted molar refractivity (Wildman–Crippen MR) is 128 cm³/mol. The molecule has 1 amide bonds. The van der Waals surface area contributed by atoms with E-state index in [0.717, 1.165) is 67.7 Å². The molecular formula is C24H31IN2O3. The van der Waals surface area contributed by atoms with Gasteiger partial charge in [-0.3, -0.25) is 4.79 Å². The van der Waals surface area contributed by atoms with Gasteiger partial charge in [0.05, 0.1) is 19.1 Å². The number of nitrogens with one attached hydrogen (secondary N) is 1. The van der Waals surface area contributed by atoms with Crippen molar-refractivity contribution in [2.24, 2.45) is 5.92 Å². The maximum atomic E-state index is 13.3. The summed E-state index contributed by atoms with van der Waals surface area (Å²) in [4.78, 5) is 18.7. The minimum Gasteiger partial charge on any atom is -0.494 e. The van der Waals surface area contributed by atoms with Crippen molar-refractivity contribution in [1.29, 1.82) is 0 Å². The molecule has 30 heavy (non-hydrogen) atoms. The molecule has 1 saturated heterocycles. The van der Waals surface area contributed by atoms with Crippen LogP contribution in [0.4, 0.5) is 0 Å². The lowest BCUT2D eigenvalue weighted by atomic mass is 9.83. The lowest BCUT2D eigenvalue weighted by Crippen LogP contribution is -2.60. The van der Waals surface area contributed by atoms with Crippen LogP contribution in [0.25, 0.3) is 10.9 Å². The molecule has 0 saturated carbocycles. The second kappa shape index (κ2) is 9.30. The first-order valence-electron chi connectivity index (χ1n) is 11.1. The Kier molecular flexibility index (Phi) is 6.72. The molecule has 2 aliphatic heterocycles. The average Bonchev–Trinajstić information content (AvgIpc) is 3.14. The lowest BCUT2D eigenvalue weighted by Gasteiger charge is -2.51. The third kappa shape index (κ3) is 4.40. The Morgan fingerprint density at radius 2 is 2.13 bits per heavy atom. The maximum absolute atomic E-state index is 13.3. The minimum absolute atomic E-state index is 0.000272. The molecule has 1 aromatic heterocycles. The zero-order valence-electron chi connectivity index (χ0n) is 17.8. The highest BCUT2D eigenvalue weighted by atomic mass is 127. The highest BCUT2D eigenvalue weighted by Crippen LogP contribution is 2.44. The number of unbranched alkanes of at least 4 members (excludes halogenated alkanes) is 1. The van der Waals surface area contributed by atoms with Gasteiger partial charge >= 0.3 is 0 Å². The molecule has 2 bridgehead atoms. The van der Waals surface area contributed by atoms with Crippen LogP contribution in [-0.2, 0) is 16.0 Å². The fourth-order valence-electron chi connectivity index (χ4n) is 4.45. The van der Waals surface area contributed by atoms with Crippen molar-refractivity contribution in [3.05, 3.63) is 42.1 Å². The van der Waals surface area contributed by atoms with Crippen molar-refractivity contribution in [3.8, 4) is 5.75 Å². The standard InChI is InChI=1S/C24H31IN2O3/c1-3-5-11-29-19-7-8-21-20(13-19)18(15-26-21)12-23(28)27-16-17-6-9-22(27)24(25,14-17)30-10-4-2/h6-9,13,15,17,22,26H,3-5,10-12,14,16H2,1-2H3. The predicted octanol–water partition coefficient (Wildman–Crippen LogP) is 5.23. The molecule has 3 heterocycles. The van der Waals surface area contributed by atoms with Crippen molar-refractivity contribution >= 4 is 39.4 Å². The molecule has 5 nitrogen and oxygen atoms in total. The van der Waals surface area contributed by atoms with E-state index in [2.05, 4.69) is 59.6 Å². The third-order valence-electron chi connectivity index (χ3n) is 6.03. The molecule has 3 aliphatic rings. The van der Waals surface area contributed by atoms with E-state index in [1.165, 1.54) is 0 Å². The van der Waals surface area contributed by atoms with Crippen LogP contribution < -0.4 is 4.74 Å². The van der Waals surface area contributed by atoms with E-state index in [-0.39, 0.29) is 15.6 Å². The van der Waals surface area contributed by atoms with Crippen molar-refractivity contribution in [2.45, 2.75) is 55.6 Å². The van der Waals surface area contributed by atoms with Crippen LogP contribution in [0.15, 0.2) is 36.5 Å². The molecule has 0 spiro atoms. The Labute approximate surface area is 192 Å². The fourth-order valence-corrected chi connectivity index (χ4v) is 5.78. The number of aromatic nitrogens is 1. The van der Waals surface area contributed by atoms with Crippen LogP contribution in [0.3, 0.4) is 0 Å². The van der Waals surface area contributed by atoms with Crippen LogP contribution in [0.1, 0.15) is 45.1 Å². The average molecular weight is 522 g/mol. The van der Waals surface area contributed by atoms with Crippen LogP contribution >= 0.6 is 22.6 Å². The van der Waals surface area contributed by atoms with E-state index in [1.54, 1.807) is 0 Å². The van der Waals surface area contributed by atoms with Crippen LogP contribution in [0.5, 0.6) is 5.75 Å². The third-order valence-corrected chi connectivity index (χ3v) is 7.42. The van der Waals surface area contributed by atoms with Gasteiger partial charge in [-0.15, -0.1) is 0 Å². The van der Waals surface area contributed by atoms with E-state index < -0.39 is 0 Å². The highest BCUT2D eigenvalue weighted by molar-refractivity contribution is 14.1. The zero-order chi connectivity index (χ0) is 21.1. The molecular weight excluding hydrogens is 491 g/mol. The van der Waals surface area contributed by atoms with Gasteiger partial charge in [-0.1, -0.05) is 32.4 Å². The van der Waals surface area contributed by atoms with E-state index >= 15 is 0 Å². The number of piperidine rings is 1. The molecule has 1 N–H and O–H groups in total. The van der Waals surface area contributed by atoms with Crippen LogP contribution in [0, 0.1) is 5.92 Å². The molecule has 0 radical (unpaired) electrons. The van der Waals surface area contributed by atoms with Gasteiger partial charge in [-0.05, 0) is 71.5 Å². The zero-order valence-corrected chi connectivity index (χ0v) is 20.0. The summed E-state index contributed by atoms with van der Waals surface area (Å²) in [5.41, 5.74) is 2.06. The summed E-state index contributed by atoms with van der Waals surface area (Å²) < 4.78 is 11.8. The number of carbonyl (C=O) groups excluding carboxylic acids is 1. The number of alkyl halides is 1. The molecule has 1 aliphatic carbocycles. The number of nitrogens with zero attached hydrogens (tertiary/aromatic N) is 1. The monoisotopic (exact) mass is 522 g/mol. The van der Waals surface area contributed by atoms with Gasteiger partial charge in [0.25, 0.3) is 0 Å².